The number of aryl methyl sites for hydroxylation is 1. The van der Waals surface area contributed by atoms with Crippen LogP contribution in [-0.4, -0.2) is 7.11 Å². The number of hydrogen-bond acceptors (Lipinski definition) is 1. The second-order valence-corrected chi connectivity index (χ2v) is 3.03. The lowest BCUT2D eigenvalue weighted by molar-refractivity contribution is 0.411. The molecular formula is C11H13NO. The van der Waals surface area contributed by atoms with Gasteiger partial charge in [0.25, 0.3) is 0 Å². The van der Waals surface area contributed by atoms with Crippen LogP contribution in [0.3, 0.4) is 0 Å². The zero-order valence-corrected chi connectivity index (χ0v) is 8.16. The molecule has 0 heterocycles. The normalized spacial score (nSPS) is 11.8. The van der Waals surface area contributed by atoms with E-state index in [1.165, 1.54) is 0 Å². The van der Waals surface area contributed by atoms with E-state index in [0.29, 0.717) is 0 Å². The van der Waals surface area contributed by atoms with E-state index >= 15 is 0 Å². The lowest BCUT2D eigenvalue weighted by atomic mass is 10.1. The Labute approximate surface area is 79.0 Å². The van der Waals surface area contributed by atoms with Gasteiger partial charge in [0.15, 0.2) is 0 Å². The van der Waals surface area contributed by atoms with Gasteiger partial charge >= 0.3 is 0 Å². The van der Waals surface area contributed by atoms with Crippen molar-refractivity contribution in [3.63, 3.8) is 0 Å². The van der Waals surface area contributed by atoms with Crippen LogP contribution in [0, 0.1) is 13.5 Å². The minimum absolute atomic E-state index is 0.0884. The van der Waals surface area contributed by atoms with Crippen LogP contribution >= 0.6 is 0 Å². The summed E-state index contributed by atoms with van der Waals surface area (Å²) in [6, 6.07) is 5.79. The van der Waals surface area contributed by atoms with Gasteiger partial charge in [0.1, 0.15) is 5.75 Å². The molecule has 0 amide bonds. The minimum Gasteiger partial charge on any atom is -0.496 e. The van der Waals surface area contributed by atoms with Gasteiger partial charge in [0, 0.05) is 12.5 Å². The first-order valence-corrected chi connectivity index (χ1v) is 4.20. The topological polar surface area (TPSA) is 13.6 Å². The molecule has 0 N–H and O–H groups in total. The molecule has 0 aromatic heterocycles. The van der Waals surface area contributed by atoms with E-state index in [9.17, 15) is 0 Å². The molecule has 1 atom stereocenters. The highest BCUT2D eigenvalue weighted by Gasteiger charge is 2.09. The van der Waals surface area contributed by atoms with Crippen LogP contribution in [0.25, 0.3) is 4.85 Å². The van der Waals surface area contributed by atoms with Crippen molar-refractivity contribution in [2.24, 2.45) is 0 Å². The highest BCUT2D eigenvalue weighted by Crippen LogP contribution is 2.24. The monoisotopic (exact) mass is 175 g/mol. The number of nitrogens with zero attached hydrogens (tertiary/aromatic N) is 1. The number of methoxy groups -OCH3 is 1. The summed E-state index contributed by atoms with van der Waals surface area (Å²) in [7, 11) is 1.65. The number of benzene rings is 1. The molecule has 1 rings (SSSR count). The summed E-state index contributed by atoms with van der Waals surface area (Å²) in [4.78, 5) is 3.46. The van der Waals surface area contributed by atoms with Crippen molar-refractivity contribution < 1.29 is 4.74 Å². The van der Waals surface area contributed by atoms with Gasteiger partial charge in [-0.2, -0.15) is 0 Å². The lowest BCUT2D eigenvalue weighted by Crippen LogP contribution is -1.91. The molecule has 0 aliphatic heterocycles. The van der Waals surface area contributed by atoms with Crippen LogP contribution in [0.2, 0.25) is 0 Å². The van der Waals surface area contributed by atoms with Gasteiger partial charge in [-0.1, -0.05) is 12.1 Å². The van der Waals surface area contributed by atoms with Crippen molar-refractivity contribution in [2.45, 2.75) is 19.9 Å². The van der Waals surface area contributed by atoms with Crippen molar-refractivity contribution in [3.05, 3.63) is 40.7 Å². The molecule has 2 nitrogen and oxygen atoms in total. The van der Waals surface area contributed by atoms with Crippen LogP contribution in [0.4, 0.5) is 0 Å². The molecule has 1 unspecified atom stereocenters. The Morgan fingerprint density at radius 3 is 2.69 bits per heavy atom. The Kier molecular flexibility index (Phi) is 2.92. The molecule has 1 aromatic rings. The Morgan fingerprint density at radius 1 is 1.46 bits per heavy atom. The van der Waals surface area contributed by atoms with Crippen LogP contribution in [-0.2, 0) is 0 Å². The van der Waals surface area contributed by atoms with Crippen LogP contribution < -0.4 is 4.74 Å². The highest BCUT2D eigenvalue weighted by atomic mass is 16.5. The maximum Gasteiger partial charge on any atom is 0.246 e. The second kappa shape index (κ2) is 3.95. The van der Waals surface area contributed by atoms with Crippen LogP contribution in [0.5, 0.6) is 5.75 Å². The van der Waals surface area contributed by atoms with Gasteiger partial charge in [-0.15, -0.1) is 0 Å². The summed E-state index contributed by atoms with van der Waals surface area (Å²) in [6.45, 7) is 10.8. The average molecular weight is 175 g/mol. The summed E-state index contributed by atoms with van der Waals surface area (Å²) in [5, 5.41) is 0. The SMILES string of the molecule is [C-]#[N+]C(C)c1ccc(C)c(OC)c1. The lowest BCUT2D eigenvalue weighted by Gasteiger charge is -2.06. The third kappa shape index (κ3) is 2.00. The first kappa shape index (κ1) is 9.60. The van der Waals surface area contributed by atoms with Crippen LogP contribution in [0.15, 0.2) is 18.2 Å². The summed E-state index contributed by atoms with van der Waals surface area (Å²) < 4.78 is 5.18. The Bertz CT molecular complexity index is 338. The predicted octanol–water partition coefficient (Wildman–Crippen LogP) is 2.98. The summed E-state index contributed by atoms with van der Waals surface area (Å²) >= 11 is 0. The van der Waals surface area contributed by atoms with Crippen molar-refractivity contribution in [3.8, 4) is 5.75 Å². The smallest absolute Gasteiger partial charge is 0.246 e. The summed E-state index contributed by atoms with van der Waals surface area (Å²) in [5.74, 6) is 0.855. The van der Waals surface area contributed by atoms with Crippen LogP contribution in [0.1, 0.15) is 24.1 Å². The van der Waals surface area contributed by atoms with Crippen molar-refractivity contribution >= 4 is 0 Å². The molecule has 2 heteroatoms. The van der Waals surface area contributed by atoms with Gasteiger partial charge < -0.3 is 9.58 Å². The molecule has 0 aliphatic carbocycles. The van der Waals surface area contributed by atoms with Gasteiger partial charge in [-0.3, -0.25) is 0 Å². The fourth-order valence-electron chi connectivity index (χ4n) is 1.17. The van der Waals surface area contributed by atoms with E-state index in [-0.39, 0.29) is 6.04 Å². The third-order valence-corrected chi connectivity index (χ3v) is 2.11. The van der Waals surface area contributed by atoms with E-state index in [0.717, 1.165) is 16.9 Å². The molecule has 0 fully saturated rings. The molecule has 1 aromatic carbocycles. The number of rotatable bonds is 2. The van der Waals surface area contributed by atoms with E-state index in [2.05, 4.69) is 4.85 Å². The Morgan fingerprint density at radius 2 is 2.15 bits per heavy atom. The first-order valence-electron chi connectivity index (χ1n) is 4.20. The minimum atomic E-state index is -0.0884. The third-order valence-electron chi connectivity index (χ3n) is 2.11. The predicted molar refractivity (Wildman–Crippen MR) is 52.7 cm³/mol. The van der Waals surface area contributed by atoms with E-state index in [1.54, 1.807) is 7.11 Å². The summed E-state index contributed by atoms with van der Waals surface area (Å²) in [6.07, 6.45) is 0. The van der Waals surface area contributed by atoms with Gasteiger partial charge in [0.05, 0.1) is 7.11 Å². The van der Waals surface area contributed by atoms with Gasteiger partial charge in [-0.05, 0) is 18.6 Å². The largest absolute Gasteiger partial charge is 0.496 e. The molecule has 13 heavy (non-hydrogen) atoms. The molecule has 0 bridgehead atoms. The zero-order chi connectivity index (χ0) is 9.84. The van der Waals surface area contributed by atoms with E-state index in [4.69, 9.17) is 11.3 Å². The number of ether oxygens (including phenoxy) is 1. The molecule has 0 aliphatic rings. The number of hydrogen-bond donors (Lipinski definition) is 0. The molecule has 0 spiro atoms. The standard InChI is InChI=1S/C11H13NO/c1-8-5-6-10(9(2)12-3)7-11(8)13-4/h5-7,9H,1-2,4H3. The Balaban J connectivity index is 3.08. The van der Waals surface area contributed by atoms with Gasteiger partial charge in [-0.25, -0.2) is 6.57 Å². The van der Waals surface area contributed by atoms with Crippen molar-refractivity contribution in [2.75, 3.05) is 7.11 Å². The molecule has 0 saturated heterocycles. The van der Waals surface area contributed by atoms with Crippen molar-refractivity contribution in [1.29, 1.82) is 0 Å². The quantitative estimate of drug-likeness (QED) is 0.630. The first-order chi connectivity index (χ1) is 6.19. The maximum atomic E-state index is 6.91. The second-order valence-electron chi connectivity index (χ2n) is 3.03. The Hall–Kier alpha value is -1.49. The molecule has 0 radical (unpaired) electrons. The molecular weight excluding hydrogens is 162 g/mol. The van der Waals surface area contributed by atoms with E-state index < -0.39 is 0 Å². The van der Waals surface area contributed by atoms with Crippen molar-refractivity contribution in [1.82, 2.24) is 0 Å². The molecule has 68 valence electrons. The highest BCUT2D eigenvalue weighted by molar-refractivity contribution is 5.38. The summed E-state index contributed by atoms with van der Waals surface area (Å²) in [5.41, 5.74) is 2.11. The van der Waals surface area contributed by atoms with E-state index in [1.807, 2.05) is 32.0 Å². The van der Waals surface area contributed by atoms with Gasteiger partial charge in [0.2, 0.25) is 6.04 Å². The average Bonchev–Trinajstić information content (AvgIpc) is 2.17. The maximum absolute atomic E-state index is 6.91. The zero-order valence-electron chi connectivity index (χ0n) is 8.16. The molecule has 0 saturated carbocycles. The fraction of sp³-hybridized carbons (Fsp3) is 0.364. The fourth-order valence-corrected chi connectivity index (χ4v) is 1.17.